The number of hydrogen-bond acceptors (Lipinski definition) is 5. The van der Waals surface area contributed by atoms with Crippen LogP contribution in [0, 0.1) is 0 Å². The van der Waals surface area contributed by atoms with Gasteiger partial charge in [-0.25, -0.2) is 14.8 Å². The molecule has 0 saturated carbocycles. The fourth-order valence-corrected chi connectivity index (χ4v) is 5.10. The van der Waals surface area contributed by atoms with Crippen molar-refractivity contribution in [3.8, 4) is 11.3 Å². The number of hydrogen-bond donors (Lipinski definition) is 1. The van der Waals surface area contributed by atoms with Crippen LogP contribution in [0.1, 0.15) is 41.3 Å². The molecule has 6 rings (SSSR count). The van der Waals surface area contributed by atoms with E-state index in [0.717, 1.165) is 47.4 Å². The Labute approximate surface area is 203 Å². The summed E-state index contributed by atoms with van der Waals surface area (Å²) in [6.45, 7) is 1.55. The molecule has 2 N–H and O–H groups in total. The number of imidazole rings is 1. The van der Waals surface area contributed by atoms with Gasteiger partial charge in [0.05, 0.1) is 0 Å². The molecule has 0 spiro atoms. The first-order chi connectivity index (χ1) is 17.2. The molecule has 7 nitrogen and oxygen atoms in total. The normalized spacial score (nSPS) is 15.5. The zero-order valence-electron chi connectivity index (χ0n) is 19.4. The van der Waals surface area contributed by atoms with Crippen LogP contribution in [0.25, 0.3) is 22.9 Å². The monoisotopic (exact) mass is 465 g/mol. The zero-order chi connectivity index (χ0) is 23.8. The van der Waals surface area contributed by atoms with E-state index in [1.165, 1.54) is 11.1 Å². The third-order valence-electron chi connectivity index (χ3n) is 6.99. The number of carbonyl (C=O) groups excluding carboxylic acids is 1. The van der Waals surface area contributed by atoms with Gasteiger partial charge in [0.1, 0.15) is 29.5 Å². The maximum atomic E-state index is 12.6. The van der Waals surface area contributed by atoms with Gasteiger partial charge < -0.3 is 15.4 Å². The van der Waals surface area contributed by atoms with Crippen molar-refractivity contribution in [2.45, 2.75) is 31.8 Å². The van der Waals surface area contributed by atoms with Crippen molar-refractivity contribution >= 4 is 23.5 Å². The summed E-state index contributed by atoms with van der Waals surface area (Å²) in [5, 5.41) is 0. The maximum Gasteiger partial charge on any atom is 0.410 e. The van der Waals surface area contributed by atoms with Gasteiger partial charge in [0.2, 0.25) is 0 Å². The predicted molar refractivity (Wildman–Crippen MR) is 136 cm³/mol. The molecular formula is C28H27N5O2. The highest BCUT2D eigenvalue weighted by atomic mass is 16.6. The van der Waals surface area contributed by atoms with Crippen molar-refractivity contribution in [3.63, 3.8) is 0 Å². The van der Waals surface area contributed by atoms with E-state index in [1.807, 2.05) is 36.5 Å². The summed E-state index contributed by atoms with van der Waals surface area (Å²) in [5.41, 5.74) is 12.6. The summed E-state index contributed by atoms with van der Waals surface area (Å²) < 4.78 is 7.61. The molecule has 1 amide bonds. The number of nitrogens with two attached hydrogens (primary N) is 1. The van der Waals surface area contributed by atoms with Gasteiger partial charge in [-0.2, -0.15) is 0 Å². The van der Waals surface area contributed by atoms with Crippen LogP contribution >= 0.6 is 0 Å². The standard InChI is InChI=1S/C28H27N5O2/c29-26-25-24(23-10-9-20-7-4-8-22(20)17-23)31-27(33(25)16-13-30-26)21-11-14-32(15-12-21)28(34)35-18-19-5-2-1-3-6-19/h1-6,8-10,13,16-17,21H,7,11-12,14-15,18H2,(H2,29,30). The molecule has 176 valence electrons. The van der Waals surface area contributed by atoms with Crippen LogP contribution in [0.3, 0.4) is 0 Å². The molecule has 1 saturated heterocycles. The number of carbonyl (C=O) groups is 1. The van der Waals surface area contributed by atoms with Crippen LogP contribution in [0.5, 0.6) is 0 Å². The molecule has 0 radical (unpaired) electrons. The molecule has 2 aromatic carbocycles. The molecule has 0 unspecified atom stereocenters. The molecule has 0 atom stereocenters. The molecule has 7 heteroatoms. The molecule has 3 heterocycles. The molecule has 2 aliphatic rings. The topological polar surface area (TPSA) is 85.8 Å². The quantitative estimate of drug-likeness (QED) is 0.455. The number of rotatable bonds is 4. The number of fused-ring (bicyclic) bond motifs is 2. The van der Waals surface area contributed by atoms with E-state index in [4.69, 9.17) is 15.5 Å². The van der Waals surface area contributed by atoms with Crippen LogP contribution in [0.4, 0.5) is 10.6 Å². The zero-order valence-corrected chi connectivity index (χ0v) is 19.4. The van der Waals surface area contributed by atoms with Gasteiger partial charge in [0.15, 0.2) is 0 Å². The number of nitrogens with zero attached hydrogens (tertiary/aromatic N) is 4. The van der Waals surface area contributed by atoms with Crippen LogP contribution in [0.2, 0.25) is 0 Å². The number of ether oxygens (including phenoxy) is 1. The maximum absolute atomic E-state index is 12.6. The van der Waals surface area contributed by atoms with Crippen LogP contribution in [0.15, 0.2) is 67.0 Å². The van der Waals surface area contributed by atoms with Crippen LogP contribution < -0.4 is 5.73 Å². The Hall–Kier alpha value is -4.13. The van der Waals surface area contributed by atoms with Gasteiger partial charge in [-0.05, 0) is 42.0 Å². The SMILES string of the molecule is Nc1nccn2c(C3CCN(C(=O)OCc4ccccc4)CC3)nc(-c3ccc4c(c3)C=CC4)c12. The average molecular weight is 466 g/mol. The first-order valence-corrected chi connectivity index (χ1v) is 12.1. The third-order valence-corrected chi connectivity index (χ3v) is 6.99. The van der Waals surface area contributed by atoms with Crippen LogP contribution in [-0.4, -0.2) is 38.5 Å². The Bertz CT molecular complexity index is 1420. The number of anilines is 1. The fraction of sp³-hybridized carbons (Fsp3) is 0.250. The first kappa shape index (κ1) is 21.4. The molecule has 2 aromatic heterocycles. The lowest BCUT2D eigenvalue weighted by atomic mass is 9.96. The third kappa shape index (κ3) is 4.03. The molecular weight excluding hydrogens is 438 g/mol. The van der Waals surface area contributed by atoms with Gasteiger partial charge in [0, 0.05) is 37.0 Å². The highest BCUT2D eigenvalue weighted by Gasteiger charge is 2.29. The van der Waals surface area contributed by atoms with Crippen LogP contribution in [-0.2, 0) is 17.8 Å². The van der Waals surface area contributed by atoms with Crippen molar-refractivity contribution in [1.82, 2.24) is 19.3 Å². The van der Waals surface area contributed by atoms with E-state index < -0.39 is 0 Å². The fourth-order valence-electron chi connectivity index (χ4n) is 5.10. The number of allylic oxidation sites excluding steroid dienone is 1. The molecule has 35 heavy (non-hydrogen) atoms. The van der Waals surface area contributed by atoms with Crippen molar-refractivity contribution in [3.05, 3.63) is 89.5 Å². The van der Waals surface area contributed by atoms with Crippen molar-refractivity contribution in [2.24, 2.45) is 0 Å². The summed E-state index contributed by atoms with van der Waals surface area (Å²) in [4.78, 5) is 23.8. The van der Waals surface area contributed by atoms with Crippen molar-refractivity contribution in [2.75, 3.05) is 18.8 Å². The Balaban J connectivity index is 1.22. The minimum atomic E-state index is -0.263. The van der Waals surface area contributed by atoms with Crippen molar-refractivity contribution in [1.29, 1.82) is 0 Å². The molecule has 1 aliphatic heterocycles. The highest BCUT2D eigenvalue weighted by Crippen LogP contribution is 2.35. The number of nitrogen functional groups attached to an aromatic ring is 1. The lowest BCUT2D eigenvalue weighted by molar-refractivity contribution is 0.0866. The number of benzene rings is 2. The van der Waals surface area contributed by atoms with Gasteiger partial charge in [-0.1, -0.05) is 54.6 Å². The molecule has 1 fully saturated rings. The summed E-state index contributed by atoms with van der Waals surface area (Å²) in [7, 11) is 0. The number of likely N-dealkylation sites (tertiary alicyclic amines) is 1. The second kappa shape index (κ2) is 8.91. The van der Waals surface area contributed by atoms with E-state index in [1.54, 1.807) is 11.1 Å². The lowest BCUT2D eigenvalue weighted by Gasteiger charge is -2.30. The Morgan fingerprint density at radius 2 is 1.94 bits per heavy atom. The Kier molecular flexibility index (Phi) is 5.45. The highest BCUT2D eigenvalue weighted by molar-refractivity contribution is 5.86. The molecule has 0 bridgehead atoms. The number of amides is 1. The van der Waals surface area contributed by atoms with Gasteiger partial charge in [-0.15, -0.1) is 0 Å². The van der Waals surface area contributed by atoms with Crippen molar-refractivity contribution < 1.29 is 9.53 Å². The molecule has 1 aliphatic carbocycles. The number of piperidine rings is 1. The van der Waals surface area contributed by atoms with Gasteiger partial charge in [-0.3, -0.25) is 4.40 Å². The number of aromatic nitrogens is 3. The van der Waals surface area contributed by atoms with Gasteiger partial charge in [0.25, 0.3) is 0 Å². The Morgan fingerprint density at radius 3 is 2.77 bits per heavy atom. The molecule has 4 aromatic rings. The summed E-state index contributed by atoms with van der Waals surface area (Å²) >= 11 is 0. The van der Waals surface area contributed by atoms with Gasteiger partial charge >= 0.3 is 6.09 Å². The second-order valence-corrected chi connectivity index (χ2v) is 9.17. The van der Waals surface area contributed by atoms with E-state index in [-0.39, 0.29) is 18.6 Å². The largest absolute Gasteiger partial charge is 0.445 e. The lowest BCUT2D eigenvalue weighted by Crippen LogP contribution is -2.38. The van der Waals surface area contributed by atoms with E-state index >= 15 is 0 Å². The Morgan fingerprint density at radius 1 is 1.11 bits per heavy atom. The predicted octanol–water partition coefficient (Wildman–Crippen LogP) is 5.06. The van der Waals surface area contributed by atoms with E-state index in [2.05, 4.69) is 39.7 Å². The summed E-state index contributed by atoms with van der Waals surface area (Å²) in [6.07, 6.45) is 10.3. The van der Waals surface area contributed by atoms with E-state index in [0.29, 0.717) is 18.9 Å². The average Bonchev–Trinajstić information content (AvgIpc) is 3.53. The smallest absolute Gasteiger partial charge is 0.410 e. The first-order valence-electron chi connectivity index (χ1n) is 12.1. The van der Waals surface area contributed by atoms with E-state index in [9.17, 15) is 4.79 Å². The second-order valence-electron chi connectivity index (χ2n) is 9.17. The minimum absolute atomic E-state index is 0.213. The summed E-state index contributed by atoms with van der Waals surface area (Å²) in [5.74, 6) is 1.65. The minimum Gasteiger partial charge on any atom is -0.445 e. The summed E-state index contributed by atoms with van der Waals surface area (Å²) in [6, 6.07) is 16.2.